The van der Waals surface area contributed by atoms with Gasteiger partial charge in [-0.25, -0.2) is 0 Å². The highest BCUT2D eigenvalue weighted by molar-refractivity contribution is 7.98. The van der Waals surface area contributed by atoms with Crippen LogP contribution in [0.3, 0.4) is 0 Å². The van der Waals surface area contributed by atoms with Gasteiger partial charge < -0.3 is 9.30 Å². The Morgan fingerprint density at radius 1 is 1.28 bits per heavy atom. The first kappa shape index (κ1) is 18.4. The highest BCUT2D eigenvalue weighted by Gasteiger charge is 2.21. The maximum atomic E-state index is 5.80. The molecule has 1 aliphatic rings. The SMILES string of the molecule is CSc1nnc(CN(C)CCCc2ccccc2)n1CC1CCCO1. The van der Waals surface area contributed by atoms with Crippen LogP contribution in [0.1, 0.15) is 30.7 Å². The van der Waals surface area contributed by atoms with Crippen LogP contribution < -0.4 is 0 Å². The summed E-state index contributed by atoms with van der Waals surface area (Å²) in [5, 5.41) is 9.77. The molecule has 1 aromatic heterocycles. The normalized spacial score (nSPS) is 17.5. The lowest BCUT2D eigenvalue weighted by molar-refractivity contribution is 0.0935. The second-order valence-corrected chi connectivity index (χ2v) is 7.45. The van der Waals surface area contributed by atoms with E-state index in [1.165, 1.54) is 5.56 Å². The van der Waals surface area contributed by atoms with Gasteiger partial charge in [0.2, 0.25) is 0 Å². The van der Waals surface area contributed by atoms with Gasteiger partial charge in [0.05, 0.1) is 19.2 Å². The number of aromatic nitrogens is 3. The Morgan fingerprint density at radius 2 is 2.12 bits per heavy atom. The van der Waals surface area contributed by atoms with Gasteiger partial charge in [0.15, 0.2) is 5.16 Å². The molecule has 0 radical (unpaired) electrons. The average Bonchev–Trinajstić information content (AvgIpc) is 3.27. The summed E-state index contributed by atoms with van der Waals surface area (Å²) in [5.74, 6) is 1.04. The number of benzene rings is 1. The van der Waals surface area contributed by atoms with Crippen LogP contribution in [-0.4, -0.2) is 52.2 Å². The molecule has 0 bridgehead atoms. The second kappa shape index (κ2) is 9.36. The molecule has 3 rings (SSSR count). The Kier molecular flexibility index (Phi) is 6.90. The molecule has 1 fully saturated rings. The third kappa shape index (κ3) is 5.30. The van der Waals surface area contributed by atoms with Crippen LogP contribution in [0.2, 0.25) is 0 Å². The minimum atomic E-state index is 0.309. The van der Waals surface area contributed by atoms with Gasteiger partial charge in [-0.1, -0.05) is 42.1 Å². The number of hydrogen-bond donors (Lipinski definition) is 0. The Bertz CT molecular complexity index is 640. The molecular weight excluding hydrogens is 332 g/mol. The topological polar surface area (TPSA) is 43.2 Å². The predicted molar refractivity (Wildman–Crippen MR) is 102 cm³/mol. The van der Waals surface area contributed by atoms with Crippen molar-refractivity contribution in [3.63, 3.8) is 0 Å². The lowest BCUT2D eigenvalue weighted by Gasteiger charge is -2.18. The van der Waals surface area contributed by atoms with E-state index in [1.54, 1.807) is 11.8 Å². The number of rotatable bonds is 9. The summed E-state index contributed by atoms with van der Waals surface area (Å²) >= 11 is 1.66. The molecule has 2 aromatic rings. The lowest BCUT2D eigenvalue weighted by Crippen LogP contribution is -2.24. The van der Waals surface area contributed by atoms with Gasteiger partial charge in [-0.2, -0.15) is 0 Å². The average molecular weight is 361 g/mol. The summed E-state index contributed by atoms with van der Waals surface area (Å²) in [5.41, 5.74) is 1.40. The van der Waals surface area contributed by atoms with E-state index in [-0.39, 0.29) is 0 Å². The number of aryl methyl sites for hydroxylation is 1. The van der Waals surface area contributed by atoms with Crippen molar-refractivity contribution >= 4 is 11.8 Å². The zero-order valence-corrected chi connectivity index (χ0v) is 16.0. The number of hydrogen-bond acceptors (Lipinski definition) is 5. The summed E-state index contributed by atoms with van der Waals surface area (Å²) in [6, 6.07) is 10.7. The highest BCUT2D eigenvalue weighted by atomic mass is 32.2. The van der Waals surface area contributed by atoms with Crippen LogP contribution in [0.4, 0.5) is 0 Å². The molecular formula is C19H28N4OS. The first-order valence-corrected chi connectivity index (χ1v) is 10.3. The Balaban J connectivity index is 1.53. The molecule has 1 atom stereocenters. The predicted octanol–water partition coefficient (Wildman–Crippen LogP) is 3.24. The van der Waals surface area contributed by atoms with Crippen LogP contribution in [0.25, 0.3) is 0 Å². The molecule has 6 heteroatoms. The molecule has 0 amide bonds. The van der Waals surface area contributed by atoms with Crippen LogP contribution in [0.15, 0.2) is 35.5 Å². The molecule has 1 unspecified atom stereocenters. The quantitative estimate of drug-likeness (QED) is 0.642. The van der Waals surface area contributed by atoms with Crippen LogP contribution in [-0.2, 0) is 24.2 Å². The van der Waals surface area contributed by atoms with Crippen molar-refractivity contribution in [1.29, 1.82) is 0 Å². The van der Waals surface area contributed by atoms with Gasteiger partial charge in [0.1, 0.15) is 5.82 Å². The second-order valence-electron chi connectivity index (χ2n) is 6.68. The van der Waals surface area contributed by atoms with Crippen molar-refractivity contribution in [2.24, 2.45) is 0 Å². The number of thioether (sulfide) groups is 1. The van der Waals surface area contributed by atoms with Crippen LogP contribution in [0, 0.1) is 0 Å². The fourth-order valence-corrected chi connectivity index (χ4v) is 3.80. The highest BCUT2D eigenvalue weighted by Crippen LogP contribution is 2.20. The van der Waals surface area contributed by atoms with Crippen molar-refractivity contribution < 1.29 is 4.74 Å². The van der Waals surface area contributed by atoms with Gasteiger partial charge in [-0.15, -0.1) is 10.2 Å². The van der Waals surface area contributed by atoms with E-state index >= 15 is 0 Å². The van der Waals surface area contributed by atoms with Crippen LogP contribution >= 0.6 is 11.8 Å². The summed E-state index contributed by atoms with van der Waals surface area (Å²) in [7, 11) is 2.16. The summed E-state index contributed by atoms with van der Waals surface area (Å²) in [4.78, 5) is 2.34. The molecule has 0 aliphatic carbocycles. The number of ether oxygens (including phenoxy) is 1. The summed E-state index contributed by atoms with van der Waals surface area (Å²) < 4.78 is 8.04. The largest absolute Gasteiger partial charge is 0.376 e. The van der Waals surface area contributed by atoms with E-state index in [0.29, 0.717) is 6.10 Å². The Hall–Kier alpha value is -1.37. The third-order valence-corrected chi connectivity index (χ3v) is 5.31. The standard InChI is InChI=1S/C19H28N4OS/c1-22(12-6-10-16-8-4-3-5-9-16)15-18-20-21-19(25-2)23(18)14-17-11-7-13-24-17/h3-5,8-9,17H,6-7,10-15H2,1-2H3. The van der Waals surface area contributed by atoms with E-state index in [9.17, 15) is 0 Å². The molecule has 1 aliphatic heterocycles. The molecule has 0 N–H and O–H groups in total. The van der Waals surface area contributed by atoms with E-state index < -0.39 is 0 Å². The van der Waals surface area contributed by atoms with Crippen molar-refractivity contribution in [3.05, 3.63) is 41.7 Å². The molecule has 0 saturated carbocycles. The van der Waals surface area contributed by atoms with Crippen LogP contribution in [0.5, 0.6) is 0 Å². The maximum Gasteiger partial charge on any atom is 0.191 e. The van der Waals surface area contributed by atoms with Gasteiger partial charge in [0, 0.05) is 6.61 Å². The van der Waals surface area contributed by atoms with Crippen molar-refractivity contribution in [1.82, 2.24) is 19.7 Å². The smallest absolute Gasteiger partial charge is 0.191 e. The monoisotopic (exact) mass is 360 g/mol. The lowest BCUT2D eigenvalue weighted by atomic mass is 10.1. The number of nitrogens with zero attached hydrogens (tertiary/aromatic N) is 4. The first-order chi connectivity index (χ1) is 12.3. The van der Waals surface area contributed by atoms with E-state index in [4.69, 9.17) is 4.74 Å². The summed E-state index contributed by atoms with van der Waals surface area (Å²) in [6.07, 6.45) is 6.93. The fourth-order valence-electron chi connectivity index (χ4n) is 3.28. The van der Waals surface area contributed by atoms with Crippen molar-refractivity contribution in [2.45, 2.75) is 50.0 Å². The van der Waals surface area contributed by atoms with Gasteiger partial charge in [-0.05, 0) is 51.1 Å². The molecule has 136 valence electrons. The summed E-state index contributed by atoms with van der Waals surface area (Å²) in [6.45, 7) is 3.64. The zero-order valence-electron chi connectivity index (χ0n) is 15.2. The van der Waals surface area contributed by atoms with E-state index in [0.717, 1.165) is 62.9 Å². The van der Waals surface area contributed by atoms with E-state index in [2.05, 4.69) is 63.3 Å². The molecule has 0 spiro atoms. The molecule has 25 heavy (non-hydrogen) atoms. The Labute approximate surface area is 154 Å². The first-order valence-electron chi connectivity index (χ1n) is 9.06. The maximum absolute atomic E-state index is 5.80. The van der Waals surface area contributed by atoms with Crippen molar-refractivity contribution in [2.75, 3.05) is 26.5 Å². The van der Waals surface area contributed by atoms with Gasteiger partial charge >= 0.3 is 0 Å². The van der Waals surface area contributed by atoms with Gasteiger partial charge in [0.25, 0.3) is 0 Å². The Morgan fingerprint density at radius 3 is 2.84 bits per heavy atom. The molecule has 2 heterocycles. The minimum Gasteiger partial charge on any atom is -0.376 e. The molecule has 1 saturated heterocycles. The molecule has 5 nitrogen and oxygen atoms in total. The molecule has 1 aromatic carbocycles. The minimum absolute atomic E-state index is 0.309. The fraction of sp³-hybridized carbons (Fsp3) is 0.579. The van der Waals surface area contributed by atoms with Gasteiger partial charge in [-0.3, -0.25) is 4.90 Å². The third-order valence-electron chi connectivity index (χ3n) is 4.65. The zero-order chi connectivity index (χ0) is 17.5. The van der Waals surface area contributed by atoms with E-state index in [1.807, 2.05) is 0 Å². The van der Waals surface area contributed by atoms with Crippen molar-refractivity contribution in [3.8, 4) is 0 Å².